The summed E-state index contributed by atoms with van der Waals surface area (Å²) < 4.78 is 5.79. The van der Waals surface area contributed by atoms with E-state index in [1.165, 1.54) is 5.56 Å². The fraction of sp³-hybridized carbons (Fsp3) is 0.217. The van der Waals surface area contributed by atoms with Crippen LogP contribution in [0.5, 0.6) is 0 Å². The standard InChI is InChI=1S/C23H22N2O2/c1-13-10-14(2)21-18(12-27-23(21)16(13)4)11-20(26)25-19-7-5-6-17-9-8-15(3)24-22(17)19/h5-10,12H,11H2,1-4H3,(H,25,26). The highest BCUT2D eigenvalue weighted by Gasteiger charge is 2.16. The molecule has 0 aliphatic heterocycles. The molecular weight excluding hydrogens is 336 g/mol. The number of furan rings is 1. The summed E-state index contributed by atoms with van der Waals surface area (Å²) in [6.07, 6.45) is 1.97. The molecule has 27 heavy (non-hydrogen) atoms. The van der Waals surface area contributed by atoms with E-state index in [0.29, 0.717) is 0 Å². The van der Waals surface area contributed by atoms with Crippen LogP contribution in [-0.4, -0.2) is 10.9 Å². The first kappa shape index (κ1) is 17.3. The second-order valence-corrected chi connectivity index (χ2v) is 7.16. The number of amides is 1. The molecule has 2 aromatic heterocycles. The van der Waals surface area contributed by atoms with Gasteiger partial charge in [0.25, 0.3) is 0 Å². The van der Waals surface area contributed by atoms with Crippen molar-refractivity contribution in [2.45, 2.75) is 34.1 Å². The molecule has 0 aliphatic rings. The molecule has 0 radical (unpaired) electrons. The molecule has 0 atom stereocenters. The van der Waals surface area contributed by atoms with Crippen molar-refractivity contribution in [2.75, 3.05) is 5.32 Å². The lowest BCUT2D eigenvalue weighted by molar-refractivity contribution is -0.115. The van der Waals surface area contributed by atoms with Gasteiger partial charge in [0, 0.05) is 22.0 Å². The van der Waals surface area contributed by atoms with E-state index in [-0.39, 0.29) is 12.3 Å². The molecule has 2 heterocycles. The topological polar surface area (TPSA) is 55.1 Å². The first-order chi connectivity index (χ1) is 12.9. The minimum absolute atomic E-state index is 0.0777. The molecule has 1 amide bonds. The number of hydrogen-bond donors (Lipinski definition) is 1. The Morgan fingerprint density at radius 1 is 1.07 bits per heavy atom. The Balaban J connectivity index is 1.66. The van der Waals surface area contributed by atoms with Gasteiger partial charge in [0.2, 0.25) is 5.91 Å². The number of hydrogen-bond acceptors (Lipinski definition) is 3. The van der Waals surface area contributed by atoms with E-state index in [2.05, 4.69) is 37.1 Å². The van der Waals surface area contributed by atoms with Crippen molar-refractivity contribution >= 4 is 33.5 Å². The third-order valence-corrected chi connectivity index (χ3v) is 5.11. The van der Waals surface area contributed by atoms with E-state index in [4.69, 9.17) is 4.42 Å². The van der Waals surface area contributed by atoms with Crippen LogP contribution in [0.3, 0.4) is 0 Å². The fourth-order valence-corrected chi connectivity index (χ4v) is 3.63. The number of nitrogens with zero attached hydrogens (tertiary/aromatic N) is 1. The van der Waals surface area contributed by atoms with E-state index in [1.807, 2.05) is 37.3 Å². The van der Waals surface area contributed by atoms with Crippen molar-refractivity contribution in [1.82, 2.24) is 4.98 Å². The molecule has 4 aromatic rings. The number of aromatic nitrogens is 1. The predicted octanol–water partition coefficient (Wildman–Crippen LogP) is 5.40. The average molecular weight is 358 g/mol. The Morgan fingerprint density at radius 3 is 2.70 bits per heavy atom. The molecule has 0 bridgehead atoms. The van der Waals surface area contributed by atoms with Gasteiger partial charge in [0.05, 0.1) is 23.9 Å². The molecule has 136 valence electrons. The first-order valence-corrected chi connectivity index (χ1v) is 9.07. The van der Waals surface area contributed by atoms with Crippen molar-refractivity contribution in [3.63, 3.8) is 0 Å². The number of anilines is 1. The zero-order valence-electron chi connectivity index (χ0n) is 16.0. The largest absolute Gasteiger partial charge is 0.464 e. The summed E-state index contributed by atoms with van der Waals surface area (Å²) in [5.74, 6) is -0.0777. The third kappa shape index (κ3) is 3.08. The summed E-state index contributed by atoms with van der Waals surface area (Å²) in [6, 6.07) is 11.9. The van der Waals surface area contributed by atoms with E-state index < -0.39 is 0 Å². The maximum absolute atomic E-state index is 12.7. The van der Waals surface area contributed by atoms with E-state index >= 15 is 0 Å². The van der Waals surface area contributed by atoms with Gasteiger partial charge in [-0.1, -0.05) is 24.3 Å². The number of rotatable bonds is 3. The van der Waals surface area contributed by atoms with Gasteiger partial charge < -0.3 is 9.73 Å². The lowest BCUT2D eigenvalue weighted by atomic mass is 9.99. The molecule has 4 nitrogen and oxygen atoms in total. The Labute approximate surface area is 158 Å². The van der Waals surface area contributed by atoms with Gasteiger partial charge in [-0.15, -0.1) is 0 Å². The molecule has 0 unspecified atom stereocenters. The van der Waals surface area contributed by atoms with Gasteiger partial charge >= 0.3 is 0 Å². The Hall–Kier alpha value is -3.14. The highest BCUT2D eigenvalue weighted by molar-refractivity contribution is 6.02. The van der Waals surface area contributed by atoms with Crippen molar-refractivity contribution in [1.29, 1.82) is 0 Å². The van der Waals surface area contributed by atoms with E-state index in [9.17, 15) is 4.79 Å². The Kier molecular flexibility index (Phi) is 4.19. The van der Waals surface area contributed by atoms with Crippen molar-refractivity contribution < 1.29 is 9.21 Å². The molecule has 2 aromatic carbocycles. The Morgan fingerprint density at radius 2 is 1.89 bits per heavy atom. The van der Waals surface area contributed by atoms with Crippen LogP contribution in [0, 0.1) is 27.7 Å². The van der Waals surface area contributed by atoms with Crippen LogP contribution in [0.4, 0.5) is 5.69 Å². The number of nitrogens with one attached hydrogen (secondary N) is 1. The van der Waals surface area contributed by atoms with Crippen LogP contribution in [-0.2, 0) is 11.2 Å². The first-order valence-electron chi connectivity index (χ1n) is 9.07. The summed E-state index contributed by atoms with van der Waals surface area (Å²) >= 11 is 0. The molecule has 0 aliphatic carbocycles. The lowest BCUT2D eigenvalue weighted by Crippen LogP contribution is -2.14. The summed E-state index contributed by atoms with van der Waals surface area (Å²) in [5, 5.41) is 5.07. The van der Waals surface area contributed by atoms with Crippen molar-refractivity contribution in [2.24, 2.45) is 0 Å². The molecule has 4 heteroatoms. The van der Waals surface area contributed by atoms with Crippen LogP contribution in [0.2, 0.25) is 0 Å². The highest BCUT2D eigenvalue weighted by Crippen LogP contribution is 2.30. The van der Waals surface area contributed by atoms with Crippen LogP contribution in [0.15, 0.2) is 47.1 Å². The minimum atomic E-state index is -0.0777. The summed E-state index contributed by atoms with van der Waals surface area (Å²) in [4.78, 5) is 17.3. The van der Waals surface area contributed by atoms with Crippen LogP contribution in [0.1, 0.15) is 27.9 Å². The molecule has 0 spiro atoms. The van der Waals surface area contributed by atoms with Gasteiger partial charge in [0.1, 0.15) is 5.58 Å². The fourth-order valence-electron chi connectivity index (χ4n) is 3.63. The molecular formula is C23H22N2O2. The number of fused-ring (bicyclic) bond motifs is 2. The lowest BCUT2D eigenvalue weighted by Gasteiger charge is -2.09. The maximum atomic E-state index is 12.7. The van der Waals surface area contributed by atoms with Crippen molar-refractivity contribution in [3.05, 3.63) is 70.6 Å². The normalized spacial score (nSPS) is 11.3. The van der Waals surface area contributed by atoms with E-state index in [1.54, 1.807) is 6.26 Å². The van der Waals surface area contributed by atoms with E-state index in [0.717, 1.165) is 49.9 Å². The molecule has 0 saturated carbocycles. The SMILES string of the molecule is Cc1ccc2cccc(NC(=O)Cc3coc4c(C)c(C)cc(C)c34)c2n1. The van der Waals surface area contributed by atoms with Gasteiger partial charge in [-0.3, -0.25) is 9.78 Å². The number of para-hydroxylation sites is 1. The quantitative estimate of drug-likeness (QED) is 0.534. The second-order valence-electron chi connectivity index (χ2n) is 7.16. The number of aryl methyl sites for hydroxylation is 4. The minimum Gasteiger partial charge on any atom is -0.464 e. The highest BCUT2D eigenvalue weighted by atomic mass is 16.3. The van der Waals surface area contributed by atoms with Crippen LogP contribution in [0.25, 0.3) is 21.9 Å². The Bertz CT molecular complexity index is 1190. The van der Waals surface area contributed by atoms with Crippen LogP contribution < -0.4 is 5.32 Å². The molecule has 4 rings (SSSR count). The van der Waals surface area contributed by atoms with Crippen LogP contribution >= 0.6 is 0 Å². The smallest absolute Gasteiger partial charge is 0.228 e. The third-order valence-electron chi connectivity index (χ3n) is 5.11. The van der Waals surface area contributed by atoms with Gasteiger partial charge in [-0.2, -0.15) is 0 Å². The van der Waals surface area contributed by atoms with Gasteiger partial charge in [-0.05, 0) is 56.5 Å². The summed E-state index contributed by atoms with van der Waals surface area (Å²) in [5.41, 5.74) is 7.70. The number of carbonyl (C=O) groups is 1. The average Bonchev–Trinajstić information content (AvgIpc) is 3.04. The van der Waals surface area contributed by atoms with Crippen molar-refractivity contribution in [3.8, 4) is 0 Å². The number of pyridine rings is 1. The zero-order valence-corrected chi connectivity index (χ0v) is 16.0. The van der Waals surface area contributed by atoms with Gasteiger partial charge in [0.15, 0.2) is 0 Å². The molecule has 1 N–H and O–H groups in total. The monoisotopic (exact) mass is 358 g/mol. The number of benzene rings is 2. The number of carbonyl (C=O) groups excluding carboxylic acids is 1. The second kappa shape index (κ2) is 6.54. The summed E-state index contributed by atoms with van der Waals surface area (Å²) in [6.45, 7) is 8.13. The summed E-state index contributed by atoms with van der Waals surface area (Å²) in [7, 11) is 0. The molecule has 0 fully saturated rings. The maximum Gasteiger partial charge on any atom is 0.228 e. The molecule has 0 saturated heterocycles. The predicted molar refractivity (Wildman–Crippen MR) is 109 cm³/mol. The zero-order chi connectivity index (χ0) is 19.1. The van der Waals surface area contributed by atoms with Gasteiger partial charge in [-0.25, -0.2) is 0 Å².